The molecule has 0 aromatic heterocycles. The zero-order valence-electron chi connectivity index (χ0n) is 10.5. The zero-order valence-corrected chi connectivity index (χ0v) is 12.1. The number of thioether (sulfide) groups is 1. The molecular weight excluding hydrogens is 266 g/mol. The maximum Gasteiger partial charge on any atom is 0.251 e. The lowest BCUT2D eigenvalue weighted by Gasteiger charge is -2.14. The molecule has 0 heterocycles. The fourth-order valence-electron chi connectivity index (χ4n) is 2.29. The fourth-order valence-corrected chi connectivity index (χ4v) is 3.07. The lowest BCUT2D eigenvalue weighted by atomic mass is 10.1. The fraction of sp³-hybridized carbons (Fsp3) is 0.500. The lowest BCUT2D eigenvalue weighted by molar-refractivity contribution is 0.0947. The van der Waals surface area contributed by atoms with Crippen molar-refractivity contribution < 1.29 is 4.79 Å². The van der Waals surface area contributed by atoms with Crippen molar-refractivity contribution >= 4 is 29.3 Å². The average molecular weight is 284 g/mol. The van der Waals surface area contributed by atoms with Crippen molar-refractivity contribution in [3.8, 4) is 0 Å². The van der Waals surface area contributed by atoms with Crippen LogP contribution in [0.25, 0.3) is 0 Å². The van der Waals surface area contributed by atoms with Gasteiger partial charge in [0.2, 0.25) is 0 Å². The second-order valence-corrected chi connectivity index (χ2v) is 6.09. The van der Waals surface area contributed by atoms with E-state index in [0.29, 0.717) is 12.5 Å². The average Bonchev–Trinajstić information content (AvgIpc) is 2.81. The molecule has 1 aliphatic carbocycles. The van der Waals surface area contributed by atoms with E-state index in [1.807, 2.05) is 30.5 Å². The number of benzene rings is 1. The largest absolute Gasteiger partial charge is 0.352 e. The molecule has 0 radical (unpaired) electrons. The summed E-state index contributed by atoms with van der Waals surface area (Å²) in [7, 11) is 0. The number of amides is 1. The highest BCUT2D eigenvalue weighted by atomic mass is 35.5. The highest BCUT2D eigenvalue weighted by Crippen LogP contribution is 2.29. The Morgan fingerprint density at radius 3 is 2.67 bits per heavy atom. The van der Waals surface area contributed by atoms with Crippen LogP contribution in [0.15, 0.2) is 29.2 Å². The van der Waals surface area contributed by atoms with Gasteiger partial charge in [-0.3, -0.25) is 4.79 Å². The Labute approximate surface area is 117 Å². The zero-order chi connectivity index (χ0) is 13.0. The van der Waals surface area contributed by atoms with Crippen molar-refractivity contribution in [1.82, 2.24) is 5.32 Å². The van der Waals surface area contributed by atoms with Gasteiger partial charge in [0.1, 0.15) is 0 Å². The van der Waals surface area contributed by atoms with Crippen molar-refractivity contribution in [2.45, 2.75) is 29.5 Å². The minimum Gasteiger partial charge on any atom is -0.352 e. The molecule has 1 aromatic rings. The summed E-state index contributed by atoms with van der Waals surface area (Å²) in [5.41, 5.74) is 0.719. The third-order valence-corrected chi connectivity index (χ3v) is 4.76. The van der Waals surface area contributed by atoms with E-state index in [9.17, 15) is 4.79 Å². The van der Waals surface area contributed by atoms with Gasteiger partial charge in [0.05, 0.1) is 0 Å². The molecule has 1 amide bonds. The van der Waals surface area contributed by atoms with Crippen LogP contribution in [-0.2, 0) is 0 Å². The van der Waals surface area contributed by atoms with Gasteiger partial charge in [-0.05, 0) is 49.3 Å². The summed E-state index contributed by atoms with van der Waals surface area (Å²) in [4.78, 5) is 13.1. The number of halogens is 1. The monoisotopic (exact) mass is 283 g/mol. The second kappa shape index (κ2) is 6.48. The third-order valence-electron chi connectivity index (χ3n) is 3.44. The SMILES string of the molecule is CSc1ccc(C(=O)NCC2CCCC2Cl)cc1. The number of carbonyl (C=O) groups is 1. The molecule has 1 saturated carbocycles. The second-order valence-electron chi connectivity index (χ2n) is 4.65. The van der Waals surface area contributed by atoms with Gasteiger partial charge < -0.3 is 5.32 Å². The van der Waals surface area contributed by atoms with Crippen LogP contribution in [0.1, 0.15) is 29.6 Å². The highest BCUT2D eigenvalue weighted by Gasteiger charge is 2.25. The lowest BCUT2D eigenvalue weighted by Crippen LogP contribution is -2.31. The van der Waals surface area contributed by atoms with E-state index in [-0.39, 0.29) is 11.3 Å². The first-order valence-corrected chi connectivity index (χ1v) is 7.93. The first kappa shape index (κ1) is 13.8. The summed E-state index contributed by atoms with van der Waals surface area (Å²) in [6.45, 7) is 0.692. The van der Waals surface area contributed by atoms with Gasteiger partial charge in [0.15, 0.2) is 0 Å². The minimum absolute atomic E-state index is 0.00146. The van der Waals surface area contributed by atoms with E-state index >= 15 is 0 Å². The molecule has 1 aromatic carbocycles. The summed E-state index contributed by atoms with van der Waals surface area (Å²) in [5, 5.41) is 3.20. The molecule has 2 nitrogen and oxygen atoms in total. The molecule has 2 unspecified atom stereocenters. The number of rotatable bonds is 4. The summed E-state index contributed by atoms with van der Waals surface area (Å²) in [5.74, 6) is 0.430. The molecule has 0 bridgehead atoms. The minimum atomic E-state index is -0.00146. The highest BCUT2D eigenvalue weighted by molar-refractivity contribution is 7.98. The van der Waals surface area contributed by atoms with Crippen LogP contribution in [-0.4, -0.2) is 24.1 Å². The quantitative estimate of drug-likeness (QED) is 0.676. The van der Waals surface area contributed by atoms with Gasteiger partial charge >= 0.3 is 0 Å². The molecule has 18 heavy (non-hydrogen) atoms. The molecule has 2 rings (SSSR count). The van der Waals surface area contributed by atoms with E-state index in [1.165, 1.54) is 11.3 Å². The summed E-state index contributed by atoms with van der Waals surface area (Å²) in [6.07, 6.45) is 5.40. The van der Waals surface area contributed by atoms with Gasteiger partial charge in [0, 0.05) is 22.4 Å². The smallest absolute Gasteiger partial charge is 0.251 e. The standard InChI is InChI=1S/C14H18ClNOS/c1-18-12-7-5-10(6-8-12)14(17)16-9-11-3-2-4-13(11)15/h5-8,11,13H,2-4,9H2,1H3,(H,16,17). The van der Waals surface area contributed by atoms with Crippen LogP contribution in [0.4, 0.5) is 0 Å². The number of nitrogens with one attached hydrogen (secondary N) is 1. The Kier molecular flexibility index (Phi) is 4.95. The molecule has 0 spiro atoms. The van der Waals surface area contributed by atoms with Crippen molar-refractivity contribution in [1.29, 1.82) is 0 Å². The van der Waals surface area contributed by atoms with Crippen LogP contribution in [0, 0.1) is 5.92 Å². The predicted molar refractivity (Wildman–Crippen MR) is 77.5 cm³/mol. The van der Waals surface area contributed by atoms with E-state index in [1.54, 1.807) is 11.8 Å². The van der Waals surface area contributed by atoms with Gasteiger partial charge in [-0.1, -0.05) is 6.42 Å². The van der Waals surface area contributed by atoms with E-state index in [4.69, 9.17) is 11.6 Å². The maximum atomic E-state index is 11.9. The summed E-state index contributed by atoms with van der Waals surface area (Å²) < 4.78 is 0. The van der Waals surface area contributed by atoms with Crippen LogP contribution in [0.3, 0.4) is 0 Å². The summed E-state index contributed by atoms with van der Waals surface area (Å²) >= 11 is 7.87. The van der Waals surface area contributed by atoms with Gasteiger partial charge in [-0.15, -0.1) is 23.4 Å². The molecular formula is C14H18ClNOS. The van der Waals surface area contributed by atoms with Crippen molar-refractivity contribution in [2.24, 2.45) is 5.92 Å². The van der Waals surface area contributed by atoms with E-state index in [2.05, 4.69) is 5.32 Å². The predicted octanol–water partition coefficient (Wildman–Crippen LogP) is 3.55. The molecule has 1 fully saturated rings. The molecule has 1 N–H and O–H groups in total. The van der Waals surface area contributed by atoms with Crippen LogP contribution >= 0.6 is 23.4 Å². The molecule has 0 saturated heterocycles. The molecule has 1 aliphatic rings. The summed E-state index contributed by atoms with van der Waals surface area (Å²) in [6, 6.07) is 7.68. The van der Waals surface area contributed by atoms with Crippen molar-refractivity contribution in [2.75, 3.05) is 12.8 Å². The Morgan fingerprint density at radius 1 is 1.39 bits per heavy atom. The van der Waals surface area contributed by atoms with Crippen molar-refractivity contribution in [3.63, 3.8) is 0 Å². The van der Waals surface area contributed by atoms with E-state index < -0.39 is 0 Å². The van der Waals surface area contributed by atoms with Gasteiger partial charge in [-0.2, -0.15) is 0 Å². The van der Waals surface area contributed by atoms with E-state index in [0.717, 1.165) is 18.4 Å². The maximum absolute atomic E-state index is 11.9. The number of carbonyl (C=O) groups excluding carboxylic acids is 1. The van der Waals surface area contributed by atoms with Gasteiger partial charge in [0.25, 0.3) is 5.91 Å². The Morgan fingerprint density at radius 2 is 2.11 bits per heavy atom. The van der Waals surface area contributed by atoms with Crippen LogP contribution in [0.2, 0.25) is 0 Å². The first-order chi connectivity index (χ1) is 8.70. The topological polar surface area (TPSA) is 29.1 Å². The number of hydrogen-bond donors (Lipinski definition) is 1. The number of alkyl halides is 1. The molecule has 0 aliphatic heterocycles. The molecule has 2 atom stereocenters. The number of hydrogen-bond acceptors (Lipinski definition) is 2. The normalized spacial score (nSPS) is 23.0. The van der Waals surface area contributed by atoms with Crippen LogP contribution < -0.4 is 5.32 Å². The first-order valence-electron chi connectivity index (χ1n) is 6.27. The Balaban J connectivity index is 1.87. The third kappa shape index (κ3) is 3.42. The van der Waals surface area contributed by atoms with Gasteiger partial charge in [-0.25, -0.2) is 0 Å². The van der Waals surface area contributed by atoms with Crippen molar-refractivity contribution in [3.05, 3.63) is 29.8 Å². The Hall–Kier alpha value is -0.670. The van der Waals surface area contributed by atoms with Crippen LogP contribution in [0.5, 0.6) is 0 Å². The Bertz CT molecular complexity index is 407. The molecule has 4 heteroatoms. The molecule has 98 valence electrons.